The topological polar surface area (TPSA) is 142 Å². The second kappa shape index (κ2) is 12.9. The van der Waals surface area contributed by atoms with Crippen LogP contribution >= 0.6 is 0 Å². The molecule has 3 N–H and O–H groups in total. The molecule has 2 aliphatic rings. The fraction of sp³-hybridized carbons (Fsp3) is 0.433. The molecule has 6 rings (SSSR count). The Morgan fingerprint density at radius 2 is 1.96 bits per heavy atom. The Kier molecular flexibility index (Phi) is 8.74. The summed E-state index contributed by atoms with van der Waals surface area (Å²) in [5.41, 5.74) is 2.86. The molecular formula is C30H35F2N9O4. The van der Waals surface area contributed by atoms with Crippen molar-refractivity contribution in [3.63, 3.8) is 0 Å². The van der Waals surface area contributed by atoms with E-state index in [1.807, 2.05) is 13.0 Å². The van der Waals surface area contributed by atoms with Gasteiger partial charge in [0.15, 0.2) is 11.5 Å². The molecule has 13 nitrogen and oxygen atoms in total. The zero-order chi connectivity index (χ0) is 31.7. The number of aliphatic hydroxyl groups excluding tert-OH is 1. The lowest BCUT2D eigenvalue weighted by Crippen LogP contribution is -2.54. The SMILES string of the molecule is CCc1cc(Nc2nccn3c(-c4cn(COC)nc4C(F)F)cnc23)ccc1C(=O)N1CCN(C(=O)C2CC(O)CN2)CC1. The summed E-state index contributed by atoms with van der Waals surface area (Å²) < 4.78 is 35.7. The molecule has 5 heterocycles. The minimum Gasteiger partial charge on any atom is -0.392 e. The summed E-state index contributed by atoms with van der Waals surface area (Å²) >= 11 is 0. The smallest absolute Gasteiger partial charge is 0.282 e. The van der Waals surface area contributed by atoms with Gasteiger partial charge in [-0.25, -0.2) is 23.4 Å². The number of halogens is 2. The lowest BCUT2D eigenvalue weighted by atomic mass is 10.0. The van der Waals surface area contributed by atoms with Gasteiger partial charge in [0.2, 0.25) is 5.91 Å². The van der Waals surface area contributed by atoms with E-state index in [1.54, 1.807) is 38.7 Å². The summed E-state index contributed by atoms with van der Waals surface area (Å²) in [6, 6.07) is 5.09. The third-order valence-electron chi connectivity index (χ3n) is 8.23. The average Bonchev–Trinajstić information content (AvgIpc) is 3.79. The average molecular weight is 624 g/mol. The number of nitrogens with zero attached hydrogens (tertiary/aromatic N) is 7. The standard InChI is InChI=1S/C30H35F2N9O4/c1-3-18-12-19(4-5-21(18)29(43)38-8-10-39(11-9-38)30(44)23-13-20(42)14-34-23)36-27-28-35-15-24(41(28)7-6-33-27)22-16-40(17-45-2)37-25(22)26(31)32/h4-7,12,15-16,20,23,26,34,42H,3,8-11,13-14,17H2,1-2H3,(H,33,36). The molecule has 3 aromatic heterocycles. The maximum Gasteiger partial charge on any atom is 0.282 e. The van der Waals surface area contributed by atoms with Gasteiger partial charge < -0.3 is 30.3 Å². The first kappa shape index (κ1) is 30.6. The summed E-state index contributed by atoms with van der Waals surface area (Å²) in [6.07, 6.45) is 3.92. The molecule has 45 heavy (non-hydrogen) atoms. The summed E-state index contributed by atoms with van der Waals surface area (Å²) in [5.74, 6) is 0.284. The fourth-order valence-electron chi connectivity index (χ4n) is 5.94. The van der Waals surface area contributed by atoms with E-state index in [9.17, 15) is 23.5 Å². The number of carbonyl (C=O) groups excluding carboxylic acids is 2. The Balaban J connectivity index is 1.17. The molecule has 15 heteroatoms. The molecular weight excluding hydrogens is 588 g/mol. The molecule has 1 aromatic carbocycles. The summed E-state index contributed by atoms with van der Waals surface area (Å²) in [6.45, 7) is 4.14. The van der Waals surface area contributed by atoms with Crippen molar-refractivity contribution in [3.8, 4) is 11.3 Å². The van der Waals surface area contributed by atoms with Crippen LogP contribution in [0.5, 0.6) is 0 Å². The number of methoxy groups -OCH3 is 1. The summed E-state index contributed by atoms with van der Waals surface area (Å²) in [7, 11) is 1.46. The van der Waals surface area contributed by atoms with Crippen LogP contribution < -0.4 is 10.6 Å². The number of rotatable bonds is 9. The van der Waals surface area contributed by atoms with Gasteiger partial charge in [-0.15, -0.1) is 0 Å². The maximum atomic E-state index is 13.8. The molecule has 2 aliphatic heterocycles. The molecule has 2 unspecified atom stereocenters. The summed E-state index contributed by atoms with van der Waals surface area (Å²) in [4.78, 5) is 38.7. The Morgan fingerprint density at radius 3 is 2.64 bits per heavy atom. The number of carbonyl (C=O) groups is 2. The number of aryl methyl sites for hydroxylation is 1. The Morgan fingerprint density at radius 1 is 1.18 bits per heavy atom. The molecule has 4 aromatic rings. The number of amides is 2. The molecule has 0 aliphatic carbocycles. The maximum absolute atomic E-state index is 13.8. The van der Waals surface area contributed by atoms with Crippen LogP contribution in [0.15, 0.2) is 43.0 Å². The zero-order valence-electron chi connectivity index (χ0n) is 25.0. The monoisotopic (exact) mass is 623 g/mol. The van der Waals surface area contributed by atoms with Crippen molar-refractivity contribution < 1.29 is 28.2 Å². The third-order valence-corrected chi connectivity index (χ3v) is 8.23. The number of nitrogens with one attached hydrogen (secondary N) is 2. The largest absolute Gasteiger partial charge is 0.392 e. The number of hydrogen-bond donors (Lipinski definition) is 3. The van der Waals surface area contributed by atoms with E-state index in [0.717, 1.165) is 5.56 Å². The molecule has 2 amide bonds. The fourth-order valence-corrected chi connectivity index (χ4v) is 5.94. The van der Waals surface area contributed by atoms with Crippen molar-refractivity contribution in [2.45, 2.75) is 45.1 Å². The minimum atomic E-state index is -2.78. The van der Waals surface area contributed by atoms with Crippen LogP contribution in [0.2, 0.25) is 0 Å². The number of alkyl halides is 2. The molecule has 2 fully saturated rings. The Hall–Kier alpha value is -4.47. The number of anilines is 2. The number of aromatic nitrogens is 5. The highest BCUT2D eigenvalue weighted by Crippen LogP contribution is 2.32. The van der Waals surface area contributed by atoms with Gasteiger partial charge in [-0.2, -0.15) is 5.10 Å². The van der Waals surface area contributed by atoms with Crippen LogP contribution in [0.25, 0.3) is 16.9 Å². The van der Waals surface area contributed by atoms with Gasteiger partial charge in [0.05, 0.1) is 24.0 Å². The first-order valence-electron chi connectivity index (χ1n) is 14.8. The van der Waals surface area contributed by atoms with Crippen molar-refractivity contribution in [2.24, 2.45) is 0 Å². The zero-order valence-corrected chi connectivity index (χ0v) is 25.0. The lowest BCUT2D eigenvalue weighted by Gasteiger charge is -2.36. The van der Waals surface area contributed by atoms with Crippen molar-refractivity contribution in [1.82, 2.24) is 39.3 Å². The highest BCUT2D eigenvalue weighted by atomic mass is 19.3. The number of piperazine rings is 1. The highest BCUT2D eigenvalue weighted by molar-refractivity contribution is 5.96. The molecule has 0 radical (unpaired) electrons. The minimum absolute atomic E-state index is 0.0306. The van der Waals surface area contributed by atoms with E-state index in [1.165, 1.54) is 24.2 Å². The van der Waals surface area contributed by atoms with Crippen LogP contribution in [0.3, 0.4) is 0 Å². The van der Waals surface area contributed by atoms with E-state index in [2.05, 4.69) is 25.7 Å². The number of ether oxygens (including phenoxy) is 1. The van der Waals surface area contributed by atoms with E-state index in [-0.39, 0.29) is 35.8 Å². The number of β-amino-alcohol motifs (C(OH)–C–C–N with tert-alkyl or cyclic N) is 1. The molecule has 0 bridgehead atoms. The summed E-state index contributed by atoms with van der Waals surface area (Å²) in [5, 5.41) is 20.0. The second-order valence-corrected chi connectivity index (χ2v) is 11.1. The van der Waals surface area contributed by atoms with E-state index < -0.39 is 12.5 Å². The normalized spacial score (nSPS) is 18.7. The lowest BCUT2D eigenvalue weighted by molar-refractivity contribution is -0.134. The highest BCUT2D eigenvalue weighted by Gasteiger charge is 2.34. The van der Waals surface area contributed by atoms with Gasteiger partial charge in [-0.05, 0) is 36.6 Å². The number of fused-ring (bicyclic) bond motifs is 1. The molecule has 2 atom stereocenters. The number of hydrogen-bond acceptors (Lipinski definition) is 9. The Labute approximate surface area is 257 Å². The number of imidazole rings is 1. The van der Waals surface area contributed by atoms with E-state index in [4.69, 9.17) is 4.74 Å². The van der Waals surface area contributed by atoms with Crippen LogP contribution in [0.4, 0.5) is 20.3 Å². The first-order chi connectivity index (χ1) is 21.8. The predicted molar refractivity (Wildman–Crippen MR) is 160 cm³/mol. The van der Waals surface area contributed by atoms with Crippen molar-refractivity contribution >= 4 is 29.0 Å². The van der Waals surface area contributed by atoms with Crippen LogP contribution in [-0.2, 0) is 22.7 Å². The van der Waals surface area contributed by atoms with Crippen molar-refractivity contribution in [2.75, 3.05) is 45.2 Å². The van der Waals surface area contributed by atoms with E-state index >= 15 is 0 Å². The molecule has 2 saturated heterocycles. The second-order valence-electron chi connectivity index (χ2n) is 11.1. The van der Waals surface area contributed by atoms with Crippen LogP contribution in [0, 0.1) is 0 Å². The number of benzene rings is 1. The van der Waals surface area contributed by atoms with Gasteiger partial charge in [-0.1, -0.05) is 6.92 Å². The quantitative estimate of drug-likeness (QED) is 0.256. The van der Waals surface area contributed by atoms with Crippen molar-refractivity contribution in [3.05, 3.63) is 59.8 Å². The third kappa shape index (κ3) is 6.10. The van der Waals surface area contributed by atoms with Gasteiger partial charge in [0.25, 0.3) is 12.3 Å². The molecule has 0 spiro atoms. The predicted octanol–water partition coefficient (Wildman–Crippen LogP) is 2.45. The Bertz CT molecular complexity index is 1700. The van der Waals surface area contributed by atoms with E-state index in [0.29, 0.717) is 74.0 Å². The first-order valence-corrected chi connectivity index (χ1v) is 14.8. The van der Waals surface area contributed by atoms with Crippen LogP contribution in [-0.4, -0.2) is 103 Å². The van der Waals surface area contributed by atoms with Gasteiger partial charge in [-0.3, -0.25) is 14.0 Å². The van der Waals surface area contributed by atoms with Gasteiger partial charge in [0, 0.05) is 75.2 Å². The number of aliphatic hydroxyl groups is 1. The van der Waals surface area contributed by atoms with Crippen molar-refractivity contribution in [1.29, 1.82) is 0 Å². The molecule has 0 saturated carbocycles. The molecule has 238 valence electrons. The van der Waals surface area contributed by atoms with Gasteiger partial charge in [0.1, 0.15) is 12.4 Å². The van der Waals surface area contributed by atoms with Gasteiger partial charge >= 0.3 is 0 Å². The van der Waals surface area contributed by atoms with Crippen LogP contribution in [0.1, 0.15) is 41.4 Å².